The number of benzene rings is 1. The SMILES string of the molecule is N#Cc1nn(CC(F)(F)F)c2cc([C@H]3C[C@@H]3c3cc(Cl)nn4ccnc34)ccc12. The van der Waals surface area contributed by atoms with E-state index in [4.69, 9.17) is 11.6 Å². The van der Waals surface area contributed by atoms with Crippen LogP contribution in [0.5, 0.6) is 0 Å². The summed E-state index contributed by atoms with van der Waals surface area (Å²) >= 11 is 6.12. The quantitative estimate of drug-likeness (QED) is 0.495. The predicted octanol–water partition coefficient (Wildman–Crippen LogP) is 4.44. The minimum absolute atomic E-state index is 0.0110. The summed E-state index contributed by atoms with van der Waals surface area (Å²) in [4.78, 5) is 4.33. The van der Waals surface area contributed by atoms with Gasteiger partial charge in [0.05, 0.1) is 5.52 Å². The summed E-state index contributed by atoms with van der Waals surface area (Å²) in [5, 5.41) is 18.0. The molecule has 0 saturated heterocycles. The summed E-state index contributed by atoms with van der Waals surface area (Å²) in [6.07, 6.45) is -0.241. The van der Waals surface area contributed by atoms with Gasteiger partial charge in [0, 0.05) is 23.3 Å². The number of hydrogen-bond acceptors (Lipinski definition) is 4. The third-order valence-electron chi connectivity index (χ3n) is 5.19. The molecule has 6 nitrogen and oxygen atoms in total. The van der Waals surface area contributed by atoms with Crippen LogP contribution in [0.2, 0.25) is 5.15 Å². The van der Waals surface area contributed by atoms with Gasteiger partial charge in [-0.15, -0.1) is 0 Å². The second kappa shape index (κ2) is 6.19. The van der Waals surface area contributed by atoms with Crippen molar-refractivity contribution in [1.29, 1.82) is 5.26 Å². The van der Waals surface area contributed by atoms with Crippen molar-refractivity contribution in [2.45, 2.75) is 31.0 Å². The van der Waals surface area contributed by atoms with Gasteiger partial charge in [0.1, 0.15) is 17.8 Å². The molecule has 5 rings (SSSR count). The maximum atomic E-state index is 12.9. The monoisotopic (exact) mass is 416 g/mol. The van der Waals surface area contributed by atoms with Crippen molar-refractivity contribution in [3.05, 3.63) is 58.6 Å². The zero-order valence-corrected chi connectivity index (χ0v) is 15.5. The molecule has 29 heavy (non-hydrogen) atoms. The smallest absolute Gasteiger partial charge is 0.254 e. The molecule has 1 fully saturated rings. The summed E-state index contributed by atoms with van der Waals surface area (Å²) in [5.74, 6) is 0.269. The molecule has 0 spiro atoms. The number of nitrogens with zero attached hydrogens (tertiary/aromatic N) is 6. The number of nitriles is 1. The van der Waals surface area contributed by atoms with Crippen LogP contribution in [0, 0.1) is 11.3 Å². The van der Waals surface area contributed by atoms with Crippen LogP contribution in [-0.2, 0) is 6.54 Å². The van der Waals surface area contributed by atoms with E-state index in [0.717, 1.165) is 27.9 Å². The fourth-order valence-corrected chi connectivity index (χ4v) is 4.08. The van der Waals surface area contributed by atoms with Gasteiger partial charge >= 0.3 is 6.18 Å². The van der Waals surface area contributed by atoms with Gasteiger partial charge < -0.3 is 0 Å². The molecule has 3 heterocycles. The molecule has 2 atom stereocenters. The Morgan fingerprint density at radius 2 is 2.03 bits per heavy atom. The molecule has 0 radical (unpaired) electrons. The fraction of sp³-hybridized carbons (Fsp3) is 0.263. The van der Waals surface area contributed by atoms with E-state index < -0.39 is 12.7 Å². The summed E-state index contributed by atoms with van der Waals surface area (Å²) in [6, 6.07) is 8.87. The van der Waals surface area contributed by atoms with Crippen LogP contribution in [-0.4, -0.2) is 30.6 Å². The Balaban J connectivity index is 1.54. The Hall–Kier alpha value is -3.12. The highest BCUT2D eigenvalue weighted by Crippen LogP contribution is 2.55. The predicted molar refractivity (Wildman–Crippen MR) is 98.6 cm³/mol. The van der Waals surface area contributed by atoms with Crippen LogP contribution >= 0.6 is 11.6 Å². The summed E-state index contributed by atoms with van der Waals surface area (Å²) in [5.41, 5.74) is 2.87. The first-order valence-corrected chi connectivity index (χ1v) is 9.19. The van der Waals surface area contributed by atoms with Crippen molar-refractivity contribution in [3.8, 4) is 6.07 Å². The molecule has 1 saturated carbocycles. The van der Waals surface area contributed by atoms with E-state index in [2.05, 4.69) is 15.2 Å². The molecule has 1 aromatic carbocycles. The molecule has 4 aromatic rings. The number of imidazole rings is 1. The Morgan fingerprint density at radius 1 is 1.21 bits per heavy atom. The van der Waals surface area contributed by atoms with Crippen molar-refractivity contribution in [2.75, 3.05) is 0 Å². The Bertz CT molecular complexity index is 1300. The number of rotatable bonds is 3. The minimum atomic E-state index is -4.43. The first-order valence-electron chi connectivity index (χ1n) is 8.81. The number of aromatic nitrogens is 5. The summed E-state index contributed by atoms with van der Waals surface area (Å²) in [7, 11) is 0. The van der Waals surface area contributed by atoms with Crippen molar-refractivity contribution in [2.24, 2.45) is 0 Å². The van der Waals surface area contributed by atoms with Crippen LogP contribution in [0.25, 0.3) is 16.6 Å². The van der Waals surface area contributed by atoms with Gasteiger partial charge in [-0.05, 0) is 42.0 Å². The Kier molecular flexibility index (Phi) is 3.83. The molecule has 0 unspecified atom stereocenters. The van der Waals surface area contributed by atoms with Crippen LogP contribution in [0.15, 0.2) is 36.7 Å². The maximum absolute atomic E-state index is 12.9. The number of hydrogen-bond donors (Lipinski definition) is 0. The first-order chi connectivity index (χ1) is 13.8. The third-order valence-corrected chi connectivity index (χ3v) is 5.37. The molecule has 3 aromatic heterocycles. The lowest BCUT2D eigenvalue weighted by Gasteiger charge is -2.08. The third kappa shape index (κ3) is 3.09. The second-order valence-electron chi connectivity index (χ2n) is 7.08. The number of alkyl halides is 3. The molecule has 1 aliphatic carbocycles. The molecular weight excluding hydrogens is 405 g/mol. The number of halogens is 4. The lowest BCUT2D eigenvalue weighted by atomic mass is 10.0. The molecular formula is C19H12ClF3N6. The van der Waals surface area contributed by atoms with E-state index >= 15 is 0 Å². The van der Waals surface area contributed by atoms with Gasteiger partial charge in [0.15, 0.2) is 11.3 Å². The molecule has 0 amide bonds. The molecule has 146 valence electrons. The van der Waals surface area contributed by atoms with Crippen molar-refractivity contribution < 1.29 is 13.2 Å². The lowest BCUT2D eigenvalue weighted by Crippen LogP contribution is -2.18. The molecule has 1 aliphatic rings. The average Bonchev–Trinajstić information content (AvgIpc) is 3.19. The minimum Gasteiger partial charge on any atom is -0.254 e. The molecule has 0 bridgehead atoms. The molecule has 0 aliphatic heterocycles. The van der Waals surface area contributed by atoms with Gasteiger partial charge in [0.25, 0.3) is 0 Å². The van der Waals surface area contributed by atoms with Crippen LogP contribution in [0.3, 0.4) is 0 Å². The van der Waals surface area contributed by atoms with Gasteiger partial charge in [-0.3, -0.25) is 4.68 Å². The highest BCUT2D eigenvalue weighted by Gasteiger charge is 2.41. The zero-order valence-electron chi connectivity index (χ0n) is 14.7. The van der Waals surface area contributed by atoms with E-state index in [1.54, 1.807) is 35.1 Å². The highest BCUT2D eigenvalue weighted by atomic mass is 35.5. The Labute approximate surface area is 167 Å². The van der Waals surface area contributed by atoms with E-state index in [9.17, 15) is 18.4 Å². The topological polar surface area (TPSA) is 71.8 Å². The number of fused-ring (bicyclic) bond motifs is 2. The summed E-state index contributed by atoms with van der Waals surface area (Å²) < 4.78 is 41.2. The standard InChI is InChI=1S/C19H12ClF3N6/c20-17-7-14(18-25-3-4-28(18)27-17)13-6-12(13)10-1-2-11-15(8-24)26-29(16(11)5-10)9-19(21,22)23/h1-5,7,12-13H,6,9H2/t12-,13+/m1/s1. The van der Waals surface area contributed by atoms with Gasteiger partial charge in [-0.25, -0.2) is 9.50 Å². The first kappa shape index (κ1) is 17.9. The zero-order chi connectivity index (χ0) is 20.3. The van der Waals surface area contributed by atoms with Crippen molar-refractivity contribution >= 4 is 28.2 Å². The normalized spacial score (nSPS) is 19.0. The van der Waals surface area contributed by atoms with Crippen LogP contribution < -0.4 is 0 Å². The molecule has 0 N–H and O–H groups in total. The molecule has 10 heteroatoms. The van der Waals surface area contributed by atoms with Crippen LogP contribution in [0.4, 0.5) is 13.2 Å². The van der Waals surface area contributed by atoms with Crippen molar-refractivity contribution in [1.82, 2.24) is 24.4 Å². The van der Waals surface area contributed by atoms with E-state index in [1.807, 2.05) is 12.1 Å². The average molecular weight is 417 g/mol. The van der Waals surface area contributed by atoms with E-state index in [0.29, 0.717) is 16.1 Å². The van der Waals surface area contributed by atoms with E-state index in [-0.39, 0.29) is 17.5 Å². The van der Waals surface area contributed by atoms with Gasteiger partial charge in [-0.2, -0.15) is 28.6 Å². The maximum Gasteiger partial charge on any atom is 0.408 e. The van der Waals surface area contributed by atoms with E-state index in [1.165, 1.54) is 0 Å². The second-order valence-corrected chi connectivity index (χ2v) is 7.46. The Morgan fingerprint density at radius 3 is 2.79 bits per heavy atom. The largest absolute Gasteiger partial charge is 0.408 e. The van der Waals surface area contributed by atoms with Gasteiger partial charge in [0.2, 0.25) is 0 Å². The summed E-state index contributed by atoms with van der Waals surface area (Å²) in [6.45, 7) is -1.24. The van der Waals surface area contributed by atoms with Crippen molar-refractivity contribution in [3.63, 3.8) is 0 Å². The lowest BCUT2D eigenvalue weighted by molar-refractivity contribution is -0.141. The highest BCUT2D eigenvalue weighted by molar-refractivity contribution is 6.29. The fourth-order valence-electron chi connectivity index (χ4n) is 3.88. The van der Waals surface area contributed by atoms with Crippen LogP contribution in [0.1, 0.15) is 35.1 Å². The van der Waals surface area contributed by atoms with Gasteiger partial charge in [-0.1, -0.05) is 17.7 Å².